The summed E-state index contributed by atoms with van der Waals surface area (Å²) in [5, 5.41) is 14.0. The number of phenols is 1. The molecule has 7 nitrogen and oxygen atoms in total. The Balaban J connectivity index is 1.36. The van der Waals surface area contributed by atoms with Crippen LogP contribution in [0.4, 0.5) is 10.2 Å². The monoisotopic (exact) mass is 449 g/mol. The summed E-state index contributed by atoms with van der Waals surface area (Å²) in [6, 6.07) is 8.63. The molecule has 4 heterocycles. The largest absolute Gasteiger partial charge is 0.507 e. The van der Waals surface area contributed by atoms with Gasteiger partial charge in [0.05, 0.1) is 24.1 Å². The van der Waals surface area contributed by atoms with Crippen LogP contribution in [-0.2, 0) is 7.05 Å². The second-order valence-electron chi connectivity index (χ2n) is 9.12. The Morgan fingerprint density at radius 2 is 1.97 bits per heavy atom. The van der Waals surface area contributed by atoms with Crippen LogP contribution in [0.15, 0.2) is 53.7 Å². The van der Waals surface area contributed by atoms with Crippen LogP contribution in [0.5, 0.6) is 5.75 Å². The van der Waals surface area contributed by atoms with Crippen molar-refractivity contribution in [3.8, 4) is 28.1 Å². The number of aromatic hydroxyl groups is 1. The number of anilines is 1. The van der Waals surface area contributed by atoms with Gasteiger partial charge in [-0.05, 0) is 48.6 Å². The van der Waals surface area contributed by atoms with E-state index in [0.29, 0.717) is 23.1 Å². The number of hydrogen-bond acceptors (Lipinski definition) is 6. The molecule has 172 valence electrons. The Morgan fingerprint density at radius 3 is 2.70 bits per heavy atom. The average molecular weight is 450 g/mol. The lowest BCUT2D eigenvalue weighted by Crippen LogP contribution is -2.61. The second-order valence-corrected chi connectivity index (χ2v) is 9.12. The zero-order valence-electron chi connectivity index (χ0n) is 18.8. The van der Waals surface area contributed by atoms with Crippen LogP contribution in [0.25, 0.3) is 22.4 Å². The van der Waals surface area contributed by atoms with E-state index in [4.69, 9.17) is 0 Å². The molecule has 0 amide bonds. The van der Waals surface area contributed by atoms with Gasteiger partial charge in [0.2, 0.25) is 0 Å². The molecular formula is C25H28FN5O2. The predicted molar refractivity (Wildman–Crippen MR) is 126 cm³/mol. The minimum absolute atomic E-state index is 0.0542. The van der Waals surface area contributed by atoms with Crippen LogP contribution in [0.1, 0.15) is 25.7 Å². The SMILES string of the molecule is CN(c1cnc(-c2ccc(-c3ccn(C)c(=O)c3)cc2O)cn1)[C@H]1C[C@@H]2CCC[C@@H](N2)[C@H]1F. The molecule has 0 aliphatic carbocycles. The topological polar surface area (TPSA) is 83.3 Å². The van der Waals surface area contributed by atoms with Crippen LogP contribution in [0, 0.1) is 0 Å². The third kappa shape index (κ3) is 4.11. The van der Waals surface area contributed by atoms with Crippen molar-refractivity contribution < 1.29 is 9.50 Å². The van der Waals surface area contributed by atoms with E-state index in [2.05, 4.69) is 15.3 Å². The minimum atomic E-state index is -0.945. The molecule has 2 aromatic heterocycles. The van der Waals surface area contributed by atoms with Crippen LogP contribution in [-0.4, -0.2) is 51.0 Å². The first kappa shape index (κ1) is 21.6. The normalized spacial score (nSPS) is 24.5. The highest BCUT2D eigenvalue weighted by Gasteiger charge is 2.41. The predicted octanol–water partition coefficient (Wildman–Crippen LogP) is 3.27. The molecule has 2 saturated heterocycles. The van der Waals surface area contributed by atoms with E-state index in [1.807, 2.05) is 24.1 Å². The van der Waals surface area contributed by atoms with Gasteiger partial charge < -0.3 is 19.9 Å². The Labute approximate surface area is 191 Å². The van der Waals surface area contributed by atoms with Crippen molar-refractivity contribution >= 4 is 5.82 Å². The van der Waals surface area contributed by atoms with Crippen LogP contribution >= 0.6 is 0 Å². The third-order valence-electron chi connectivity index (χ3n) is 7.00. The molecule has 2 aliphatic rings. The summed E-state index contributed by atoms with van der Waals surface area (Å²) >= 11 is 0. The van der Waals surface area contributed by atoms with E-state index in [-0.39, 0.29) is 23.4 Å². The smallest absolute Gasteiger partial charge is 0.250 e. The van der Waals surface area contributed by atoms with Crippen molar-refractivity contribution in [3.63, 3.8) is 0 Å². The summed E-state index contributed by atoms with van der Waals surface area (Å²) < 4.78 is 16.6. The molecule has 2 aliphatic heterocycles. The maximum absolute atomic E-state index is 15.1. The van der Waals surface area contributed by atoms with Gasteiger partial charge in [-0.2, -0.15) is 0 Å². The molecule has 0 saturated carbocycles. The van der Waals surface area contributed by atoms with Crippen molar-refractivity contribution in [3.05, 3.63) is 59.3 Å². The highest BCUT2D eigenvalue weighted by atomic mass is 19.1. The van der Waals surface area contributed by atoms with Crippen molar-refractivity contribution in [1.29, 1.82) is 0 Å². The minimum Gasteiger partial charge on any atom is -0.507 e. The second kappa shape index (κ2) is 8.59. The van der Waals surface area contributed by atoms with Gasteiger partial charge in [0.15, 0.2) is 0 Å². The number of halogens is 1. The number of hydrogen-bond donors (Lipinski definition) is 2. The molecule has 3 aromatic rings. The molecular weight excluding hydrogens is 421 g/mol. The lowest BCUT2D eigenvalue weighted by atomic mass is 9.82. The Kier molecular flexibility index (Phi) is 5.62. The van der Waals surface area contributed by atoms with Crippen molar-refractivity contribution in [2.45, 2.75) is 50.0 Å². The first-order valence-corrected chi connectivity index (χ1v) is 11.4. The Hall–Kier alpha value is -3.26. The van der Waals surface area contributed by atoms with Crippen LogP contribution < -0.4 is 15.8 Å². The standard InChI is InChI=1S/C25H28FN5O2/c1-30-9-8-16(11-24(30)33)15-6-7-18(22(32)10-15)20-13-28-23(14-27-20)31(2)21-12-17-4-3-5-19(29-17)25(21)26/h6-11,13-14,17,19,21,25,29,32H,3-5,12H2,1-2H3/t17-,19+,21-,25+/m0/s1. The highest BCUT2D eigenvalue weighted by Crippen LogP contribution is 2.34. The lowest BCUT2D eigenvalue weighted by molar-refractivity contribution is 0.107. The molecule has 8 heteroatoms. The summed E-state index contributed by atoms with van der Waals surface area (Å²) in [6.07, 6.45) is 7.78. The van der Waals surface area contributed by atoms with Crippen LogP contribution in [0.2, 0.25) is 0 Å². The lowest BCUT2D eigenvalue weighted by Gasteiger charge is -2.46. The first-order chi connectivity index (χ1) is 15.9. The van der Waals surface area contributed by atoms with E-state index in [1.165, 1.54) is 10.6 Å². The maximum atomic E-state index is 15.1. The van der Waals surface area contributed by atoms with Gasteiger partial charge in [0, 0.05) is 44.0 Å². The quantitative estimate of drug-likeness (QED) is 0.636. The van der Waals surface area contributed by atoms with E-state index < -0.39 is 6.17 Å². The fourth-order valence-electron chi connectivity index (χ4n) is 5.02. The number of nitrogens with one attached hydrogen (secondary N) is 1. The van der Waals surface area contributed by atoms with Gasteiger partial charge in [-0.3, -0.25) is 9.78 Å². The fraction of sp³-hybridized carbons (Fsp3) is 0.400. The number of alkyl halides is 1. The zero-order valence-corrected chi connectivity index (χ0v) is 18.8. The number of benzene rings is 1. The van der Waals surface area contributed by atoms with E-state index in [9.17, 15) is 9.90 Å². The molecule has 2 bridgehead atoms. The number of piperidine rings is 2. The van der Waals surface area contributed by atoms with Gasteiger partial charge in [0.1, 0.15) is 17.7 Å². The Morgan fingerprint density at radius 1 is 1.15 bits per heavy atom. The molecule has 0 spiro atoms. The summed E-state index contributed by atoms with van der Waals surface area (Å²) in [6.45, 7) is 0. The summed E-state index contributed by atoms with van der Waals surface area (Å²) in [5.74, 6) is 0.668. The summed E-state index contributed by atoms with van der Waals surface area (Å²) in [4.78, 5) is 22.8. The fourth-order valence-corrected chi connectivity index (χ4v) is 5.02. The molecule has 4 atom stereocenters. The number of aromatic nitrogens is 3. The van der Waals surface area contributed by atoms with Gasteiger partial charge >= 0.3 is 0 Å². The van der Waals surface area contributed by atoms with Gasteiger partial charge in [0.25, 0.3) is 5.56 Å². The van der Waals surface area contributed by atoms with Crippen LogP contribution in [0.3, 0.4) is 0 Å². The molecule has 5 rings (SSSR count). The van der Waals surface area contributed by atoms with Crippen molar-refractivity contribution in [1.82, 2.24) is 19.9 Å². The van der Waals surface area contributed by atoms with Crippen molar-refractivity contribution in [2.24, 2.45) is 7.05 Å². The highest BCUT2D eigenvalue weighted by molar-refractivity contribution is 5.74. The van der Waals surface area contributed by atoms with Gasteiger partial charge in [-0.15, -0.1) is 0 Å². The maximum Gasteiger partial charge on any atom is 0.250 e. The molecule has 0 unspecified atom stereocenters. The molecule has 0 radical (unpaired) electrons. The van der Waals surface area contributed by atoms with E-state index in [0.717, 1.165) is 36.8 Å². The molecule has 1 aromatic carbocycles. The number of nitrogens with zero attached hydrogens (tertiary/aromatic N) is 4. The van der Waals surface area contributed by atoms with Crippen molar-refractivity contribution in [2.75, 3.05) is 11.9 Å². The number of aryl methyl sites for hydroxylation is 1. The number of phenolic OH excluding ortho intramolecular Hbond substituents is 1. The zero-order chi connectivity index (χ0) is 23.1. The van der Waals surface area contributed by atoms with Gasteiger partial charge in [-0.25, -0.2) is 9.37 Å². The number of rotatable bonds is 4. The third-order valence-corrected chi connectivity index (χ3v) is 7.00. The average Bonchev–Trinajstić information content (AvgIpc) is 2.83. The van der Waals surface area contributed by atoms with E-state index >= 15 is 4.39 Å². The van der Waals surface area contributed by atoms with E-state index in [1.54, 1.807) is 37.8 Å². The summed E-state index contributed by atoms with van der Waals surface area (Å²) in [7, 11) is 3.56. The molecule has 2 fully saturated rings. The summed E-state index contributed by atoms with van der Waals surface area (Å²) in [5.41, 5.74) is 2.43. The Bertz CT molecular complexity index is 1210. The number of pyridine rings is 1. The first-order valence-electron chi connectivity index (χ1n) is 11.4. The number of fused-ring (bicyclic) bond motifs is 2. The van der Waals surface area contributed by atoms with Gasteiger partial charge in [-0.1, -0.05) is 12.5 Å². The molecule has 33 heavy (non-hydrogen) atoms. The molecule has 2 N–H and O–H groups in total.